The highest BCUT2D eigenvalue weighted by atomic mass is 35.5. The van der Waals surface area contributed by atoms with E-state index in [0.717, 1.165) is 17.7 Å². The maximum absolute atomic E-state index is 12.7. The number of alkyl halides is 1. The second kappa shape index (κ2) is 5.29. The number of carbonyl (C=O) groups is 1. The highest BCUT2D eigenvalue weighted by Crippen LogP contribution is 2.35. The lowest BCUT2D eigenvalue weighted by molar-refractivity contribution is -0.118. The molecule has 0 saturated carbocycles. The summed E-state index contributed by atoms with van der Waals surface area (Å²) < 4.78 is 0. The molecule has 0 unspecified atom stereocenters. The van der Waals surface area contributed by atoms with E-state index in [-0.39, 0.29) is 11.9 Å². The number of para-hydroxylation sites is 1. The fourth-order valence-corrected chi connectivity index (χ4v) is 3.04. The number of nitrogens with zero attached hydrogens (tertiary/aromatic N) is 1. The van der Waals surface area contributed by atoms with Crippen molar-refractivity contribution in [3.05, 3.63) is 65.7 Å². The van der Waals surface area contributed by atoms with Gasteiger partial charge < -0.3 is 4.90 Å². The van der Waals surface area contributed by atoms with Gasteiger partial charge >= 0.3 is 0 Å². The van der Waals surface area contributed by atoms with E-state index in [1.807, 2.05) is 53.4 Å². The number of amides is 1. The molecule has 3 rings (SSSR count). The third-order valence-corrected chi connectivity index (χ3v) is 4.19. The van der Waals surface area contributed by atoms with Crippen molar-refractivity contribution in [3.63, 3.8) is 0 Å². The van der Waals surface area contributed by atoms with Crippen LogP contribution in [0.25, 0.3) is 0 Å². The molecule has 2 nitrogen and oxygen atoms in total. The summed E-state index contributed by atoms with van der Waals surface area (Å²) in [5.41, 5.74) is 3.05. The molecule has 0 aliphatic carbocycles. The minimum absolute atomic E-state index is 0.0460. The highest BCUT2D eigenvalue weighted by molar-refractivity contribution is 6.33. The molecule has 0 saturated heterocycles. The second-order valence-corrected chi connectivity index (χ2v) is 5.60. The van der Waals surface area contributed by atoms with E-state index >= 15 is 0 Å². The first-order valence-corrected chi connectivity index (χ1v) is 7.22. The predicted octanol–water partition coefficient (Wildman–Crippen LogP) is 3.94. The lowest BCUT2D eigenvalue weighted by Crippen LogP contribution is -2.37. The van der Waals surface area contributed by atoms with E-state index in [1.165, 1.54) is 5.56 Å². The van der Waals surface area contributed by atoms with Gasteiger partial charge in [-0.2, -0.15) is 0 Å². The Balaban J connectivity index is 1.91. The maximum Gasteiger partial charge on any atom is 0.249 e. The van der Waals surface area contributed by atoms with Crippen molar-refractivity contribution < 1.29 is 4.79 Å². The summed E-state index contributed by atoms with van der Waals surface area (Å²) in [6.45, 7) is 2.06. The largest absolute Gasteiger partial charge is 0.307 e. The molecular weight excluding hydrogens is 270 g/mol. The van der Waals surface area contributed by atoms with Gasteiger partial charge in [0.2, 0.25) is 5.91 Å². The molecule has 1 amide bonds. The van der Waals surface area contributed by atoms with Crippen LogP contribution in [0, 0.1) is 0 Å². The van der Waals surface area contributed by atoms with Crippen molar-refractivity contribution in [1.82, 2.24) is 0 Å². The van der Waals surface area contributed by atoms with Crippen LogP contribution in [-0.4, -0.2) is 11.9 Å². The smallest absolute Gasteiger partial charge is 0.249 e. The van der Waals surface area contributed by atoms with Crippen LogP contribution in [0.4, 0.5) is 5.69 Å². The Kier molecular flexibility index (Phi) is 3.49. The standard InChI is InChI=1S/C17H16ClNO/c1-12-11-14-9-5-6-10-15(14)19(12)17(20)16(18)13-7-3-2-4-8-13/h2-10,12,16H,11H2,1H3/t12-,16-/m0/s1. The van der Waals surface area contributed by atoms with E-state index in [4.69, 9.17) is 11.6 Å². The first-order valence-electron chi connectivity index (χ1n) is 6.78. The van der Waals surface area contributed by atoms with Crippen molar-refractivity contribution in [1.29, 1.82) is 0 Å². The Labute approximate surface area is 124 Å². The number of carbonyl (C=O) groups excluding carboxylic acids is 1. The van der Waals surface area contributed by atoms with Gasteiger partial charge in [0.25, 0.3) is 0 Å². The molecule has 0 bridgehead atoms. The van der Waals surface area contributed by atoms with Crippen LogP contribution in [0.15, 0.2) is 54.6 Å². The first kappa shape index (κ1) is 13.2. The third kappa shape index (κ3) is 2.20. The van der Waals surface area contributed by atoms with E-state index in [1.54, 1.807) is 0 Å². The van der Waals surface area contributed by atoms with Crippen molar-refractivity contribution in [3.8, 4) is 0 Å². The normalized spacial score (nSPS) is 18.7. The summed E-state index contributed by atoms with van der Waals surface area (Å²) >= 11 is 6.38. The number of rotatable bonds is 2. The van der Waals surface area contributed by atoms with E-state index in [2.05, 4.69) is 13.0 Å². The molecule has 3 heteroatoms. The summed E-state index contributed by atoms with van der Waals surface area (Å²) in [7, 11) is 0. The monoisotopic (exact) mass is 285 g/mol. The van der Waals surface area contributed by atoms with Crippen LogP contribution >= 0.6 is 11.6 Å². The van der Waals surface area contributed by atoms with E-state index < -0.39 is 5.38 Å². The van der Waals surface area contributed by atoms with Gasteiger partial charge in [-0.1, -0.05) is 48.5 Å². The lowest BCUT2D eigenvalue weighted by atomic mass is 10.1. The Morgan fingerprint density at radius 3 is 2.55 bits per heavy atom. The van der Waals surface area contributed by atoms with Crippen LogP contribution in [-0.2, 0) is 11.2 Å². The van der Waals surface area contributed by atoms with Gasteiger partial charge in [0, 0.05) is 11.7 Å². The number of halogens is 1. The summed E-state index contributed by atoms with van der Waals surface area (Å²) in [6.07, 6.45) is 0.889. The van der Waals surface area contributed by atoms with Crippen LogP contribution in [0.3, 0.4) is 0 Å². The number of hydrogen-bond donors (Lipinski definition) is 0. The quantitative estimate of drug-likeness (QED) is 0.765. The molecule has 1 aliphatic rings. The van der Waals surface area contributed by atoms with Crippen LogP contribution < -0.4 is 4.90 Å². The van der Waals surface area contributed by atoms with Crippen LogP contribution in [0.1, 0.15) is 23.4 Å². The zero-order valence-corrected chi connectivity index (χ0v) is 12.0. The fourth-order valence-electron chi connectivity index (χ4n) is 2.79. The number of hydrogen-bond acceptors (Lipinski definition) is 1. The van der Waals surface area contributed by atoms with Gasteiger partial charge in [-0.15, -0.1) is 11.6 Å². The molecule has 20 heavy (non-hydrogen) atoms. The van der Waals surface area contributed by atoms with Gasteiger partial charge in [-0.05, 0) is 30.5 Å². The molecule has 2 atom stereocenters. The van der Waals surface area contributed by atoms with Gasteiger partial charge in [0.15, 0.2) is 0 Å². The molecule has 0 N–H and O–H groups in total. The highest BCUT2D eigenvalue weighted by Gasteiger charge is 2.34. The van der Waals surface area contributed by atoms with Gasteiger partial charge in [0.1, 0.15) is 5.38 Å². The molecule has 0 aromatic heterocycles. The third-order valence-electron chi connectivity index (χ3n) is 3.75. The Morgan fingerprint density at radius 1 is 1.15 bits per heavy atom. The summed E-state index contributed by atoms with van der Waals surface area (Å²) in [5.74, 6) is -0.0460. The molecule has 1 aliphatic heterocycles. The van der Waals surface area contributed by atoms with Crippen molar-refractivity contribution in [2.45, 2.75) is 24.8 Å². The summed E-state index contributed by atoms with van der Waals surface area (Å²) in [6, 6.07) is 17.7. The molecule has 102 valence electrons. The fraction of sp³-hybridized carbons (Fsp3) is 0.235. The van der Waals surface area contributed by atoms with E-state index in [0.29, 0.717) is 0 Å². The minimum atomic E-state index is -0.634. The van der Waals surface area contributed by atoms with Gasteiger partial charge in [-0.25, -0.2) is 0 Å². The zero-order valence-electron chi connectivity index (χ0n) is 11.3. The molecule has 2 aromatic carbocycles. The van der Waals surface area contributed by atoms with Crippen LogP contribution in [0.5, 0.6) is 0 Å². The topological polar surface area (TPSA) is 20.3 Å². The van der Waals surface area contributed by atoms with Crippen LogP contribution in [0.2, 0.25) is 0 Å². The summed E-state index contributed by atoms with van der Waals surface area (Å²) in [5, 5.41) is -0.634. The van der Waals surface area contributed by atoms with E-state index in [9.17, 15) is 4.79 Å². The zero-order chi connectivity index (χ0) is 14.1. The molecule has 0 spiro atoms. The molecule has 1 heterocycles. The Hall–Kier alpha value is -1.80. The Bertz CT molecular complexity index is 626. The average Bonchev–Trinajstić information content (AvgIpc) is 2.82. The molecule has 0 fully saturated rings. The number of fused-ring (bicyclic) bond motifs is 1. The number of anilines is 1. The maximum atomic E-state index is 12.7. The minimum Gasteiger partial charge on any atom is -0.307 e. The second-order valence-electron chi connectivity index (χ2n) is 5.16. The number of benzene rings is 2. The first-order chi connectivity index (χ1) is 9.68. The molecule has 0 radical (unpaired) electrons. The van der Waals surface area contributed by atoms with Gasteiger partial charge in [0.05, 0.1) is 0 Å². The predicted molar refractivity (Wildman–Crippen MR) is 82.1 cm³/mol. The summed E-state index contributed by atoms with van der Waals surface area (Å²) in [4.78, 5) is 14.5. The lowest BCUT2D eigenvalue weighted by Gasteiger charge is -2.25. The van der Waals surface area contributed by atoms with Gasteiger partial charge in [-0.3, -0.25) is 4.79 Å². The van der Waals surface area contributed by atoms with Crippen molar-refractivity contribution in [2.24, 2.45) is 0 Å². The SMILES string of the molecule is C[C@H]1Cc2ccccc2N1C(=O)[C@@H](Cl)c1ccccc1. The molecular formula is C17H16ClNO. The van der Waals surface area contributed by atoms with Crippen molar-refractivity contribution >= 4 is 23.2 Å². The molecule has 2 aromatic rings. The Morgan fingerprint density at radius 2 is 1.80 bits per heavy atom. The van der Waals surface area contributed by atoms with Crippen molar-refractivity contribution in [2.75, 3.05) is 4.90 Å². The average molecular weight is 286 g/mol.